The van der Waals surface area contributed by atoms with E-state index in [9.17, 15) is 8.42 Å². The normalized spacial score (nSPS) is 13.2. The zero-order valence-electron chi connectivity index (χ0n) is 8.96. The van der Waals surface area contributed by atoms with E-state index in [1.54, 1.807) is 0 Å². The molecule has 0 radical (unpaired) electrons. The molecule has 0 aromatic rings. The van der Waals surface area contributed by atoms with Gasteiger partial charge >= 0.3 is 0 Å². The summed E-state index contributed by atoms with van der Waals surface area (Å²) in [7, 11) is -3.59. The monoisotopic (exact) mass is 224 g/mol. The SMILES string of the molecule is CC[Si](CC)(CC)CS(=O)(=O)OC. The van der Waals surface area contributed by atoms with Gasteiger partial charge in [-0.05, 0) is 0 Å². The molecule has 80 valence electrons. The van der Waals surface area contributed by atoms with Gasteiger partial charge in [0.2, 0.25) is 0 Å². The van der Waals surface area contributed by atoms with Gasteiger partial charge in [-0.2, -0.15) is 8.42 Å². The van der Waals surface area contributed by atoms with Crippen LogP contribution >= 0.6 is 0 Å². The van der Waals surface area contributed by atoms with Crippen molar-refractivity contribution in [2.75, 3.05) is 12.5 Å². The van der Waals surface area contributed by atoms with Crippen molar-refractivity contribution in [3.05, 3.63) is 0 Å². The fourth-order valence-corrected chi connectivity index (χ4v) is 8.91. The Bertz CT molecular complexity index is 224. The van der Waals surface area contributed by atoms with Crippen LogP contribution in [0.4, 0.5) is 0 Å². The molecule has 0 aliphatic heterocycles. The Morgan fingerprint density at radius 2 is 1.46 bits per heavy atom. The van der Waals surface area contributed by atoms with Gasteiger partial charge in [-0.15, -0.1) is 0 Å². The average Bonchev–Trinajstić information content (AvgIpc) is 2.14. The quantitative estimate of drug-likeness (QED) is 0.512. The summed E-state index contributed by atoms with van der Waals surface area (Å²) in [6.07, 6.45) is 0. The number of hydrogen-bond donors (Lipinski definition) is 0. The molecule has 0 amide bonds. The predicted molar refractivity (Wildman–Crippen MR) is 58.0 cm³/mol. The lowest BCUT2D eigenvalue weighted by atomic mass is 10.9. The second-order valence-corrected chi connectivity index (χ2v) is 11.2. The fourth-order valence-electron chi connectivity index (χ4n) is 1.49. The molecule has 0 heterocycles. The Morgan fingerprint density at radius 1 is 1.08 bits per heavy atom. The van der Waals surface area contributed by atoms with Crippen LogP contribution in [0.2, 0.25) is 18.1 Å². The molecule has 0 aromatic carbocycles. The van der Waals surface area contributed by atoms with Crippen LogP contribution in [-0.4, -0.2) is 29.0 Å². The van der Waals surface area contributed by atoms with Crippen molar-refractivity contribution in [3.63, 3.8) is 0 Å². The minimum absolute atomic E-state index is 0.278. The van der Waals surface area contributed by atoms with Gasteiger partial charge in [-0.25, -0.2) is 0 Å². The lowest BCUT2D eigenvalue weighted by Gasteiger charge is -2.26. The van der Waals surface area contributed by atoms with E-state index in [1.807, 2.05) is 0 Å². The molecule has 13 heavy (non-hydrogen) atoms. The van der Waals surface area contributed by atoms with E-state index in [0.29, 0.717) is 0 Å². The van der Waals surface area contributed by atoms with Crippen LogP contribution in [-0.2, 0) is 14.3 Å². The van der Waals surface area contributed by atoms with Crippen LogP contribution in [0.5, 0.6) is 0 Å². The Hall–Kier alpha value is 0.127. The molecule has 5 heteroatoms. The first-order valence-corrected chi connectivity index (χ1v) is 9.14. The molecule has 0 spiro atoms. The molecule has 3 nitrogen and oxygen atoms in total. The van der Waals surface area contributed by atoms with Gasteiger partial charge in [0.25, 0.3) is 10.1 Å². The largest absolute Gasteiger partial charge is 0.274 e. The van der Waals surface area contributed by atoms with Crippen molar-refractivity contribution in [1.29, 1.82) is 0 Å². The fraction of sp³-hybridized carbons (Fsp3) is 1.00. The standard InChI is InChI=1S/C8H20O3SSi/c1-5-13(6-2,7-3)8-12(9,10)11-4/h5-8H2,1-4H3. The van der Waals surface area contributed by atoms with Crippen LogP contribution in [0.3, 0.4) is 0 Å². The van der Waals surface area contributed by atoms with Crippen LogP contribution in [0.25, 0.3) is 0 Å². The molecule has 0 saturated heterocycles. The van der Waals surface area contributed by atoms with Crippen LogP contribution in [0.15, 0.2) is 0 Å². The summed E-state index contributed by atoms with van der Waals surface area (Å²) in [4.78, 5) is 0. The first-order chi connectivity index (χ1) is 5.95. The lowest BCUT2D eigenvalue weighted by Crippen LogP contribution is -2.40. The molecule has 0 rings (SSSR count). The van der Waals surface area contributed by atoms with E-state index >= 15 is 0 Å². The Labute approximate surface area is 82.6 Å². The van der Waals surface area contributed by atoms with Crippen molar-refractivity contribution in [2.45, 2.75) is 38.9 Å². The molecule has 0 atom stereocenters. The summed E-state index contributed by atoms with van der Waals surface area (Å²) in [6, 6.07) is 3.05. The first-order valence-electron chi connectivity index (χ1n) is 4.73. The molecule has 0 N–H and O–H groups in total. The van der Waals surface area contributed by atoms with E-state index < -0.39 is 18.2 Å². The van der Waals surface area contributed by atoms with Crippen LogP contribution < -0.4 is 0 Å². The van der Waals surface area contributed by atoms with Gasteiger partial charge in [0.05, 0.1) is 20.6 Å². The summed E-state index contributed by atoms with van der Waals surface area (Å²) in [6.45, 7) is 6.26. The molecular weight excluding hydrogens is 204 g/mol. The summed E-state index contributed by atoms with van der Waals surface area (Å²) in [5.74, 6) is 0. The second-order valence-electron chi connectivity index (χ2n) is 3.43. The van der Waals surface area contributed by atoms with Crippen LogP contribution in [0, 0.1) is 0 Å². The van der Waals surface area contributed by atoms with Gasteiger partial charge in [-0.1, -0.05) is 38.9 Å². The van der Waals surface area contributed by atoms with Gasteiger partial charge in [0, 0.05) is 0 Å². The summed E-state index contributed by atoms with van der Waals surface area (Å²) in [5, 5.41) is 0.278. The van der Waals surface area contributed by atoms with E-state index in [1.165, 1.54) is 7.11 Å². The molecule has 0 aliphatic rings. The van der Waals surface area contributed by atoms with Crippen LogP contribution in [0.1, 0.15) is 20.8 Å². The minimum Gasteiger partial charge on any atom is -0.274 e. The maximum atomic E-state index is 11.3. The maximum Gasteiger partial charge on any atom is 0.264 e. The maximum absolute atomic E-state index is 11.3. The third-order valence-corrected chi connectivity index (χ3v) is 11.9. The molecule has 0 fully saturated rings. The highest BCUT2D eigenvalue weighted by molar-refractivity contribution is 7.88. The Kier molecular flexibility index (Phi) is 5.17. The summed E-state index contributed by atoms with van der Waals surface area (Å²) >= 11 is 0. The highest BCUT2D eigenvalue weighted by Gasteiger charge is 2.32. The first kappa shape index (κ1) is 13.1. The van der Waals surface area contributed by atoms with Gasteiger partial charge < -0.3 is 0 Å². The van der Waals surface area contributed by atoms with Crippen molar-refractivity contribution in [3.8, 4) is 0 Å². The summed E-state index contributed by atoms with van der Waals surface area (Å²) in [5.41, 5.74) is 0. The van der Waals surface area contributed by atoms with E-state index in [4.69, 9.17) is 0 Å². The Morgan fingerprint density at radius 3 is 1.69 bits per heavy atom. The Balaban J connectivity index is 4.61. The van der Waals surface area contributed by atoms with Crippen molar-refractivity contribution < 1.29 is 12.6 Å². The van der Waals surface area contributed by atoms with E-state index in [2.05, 4.69) is 25.0 Å². The topological polar surface area (TPSA) is 43.4 Å². The zero-order valence-corrected chi connectivity index (χ0v) is 10.8. The average molecular weight is 224 g/mol. The smallest absolute Gasteiger partial charge is 0.264 e. The highest BCUT2D eigenvalue weighted by Crippen LogP contribution is 2.22. The molecule has 0 saturated carbocycles. The summed E-state index contributed by atoms with van der Waals surface area (Å²) < 4.78 is 27.1. The molecular formula is C8H20O3SSi. The van der Waals surface area contributed by atoms with Gasteiger partial charge in [0.1, 0.15) is 0 Å². The molecule has 0 aromatic heterocycles. The molecule has 0 unspecified atom stereocenters. The number of rotatable bonds is 6. The third kappa shape index (κ3) is 3.78. The van der Waals surface area contributed by atoms with Crippen molar-refractivity contribution in [1.82, 2.24) is 0 Å². The lowest BCUT2D eigenvalue weighted by molar-refractivity contribution is 0.401. The van der Waals surface area contributed by atoms with Crippen molar-refractivity contribution >= 4 is 18.2 Å². The highest BCUT2D eigenvalue weighted by atomic mass is 32.2. The zero-order chi connectivity index (χ0) is 10.5. The van der Waals surface area contributed by atoms with E-state index in [0.717, 1.165) is 18.1 Å². The molecule has 0 aliphatic carbocycles. The van der Waals surface area contributed by atoms with Crippen molar-refractivity contribution in [2.24, 2.45) is 0 Å². The van der Waals surface area contributed by atoms with Gasteiger partial charge in [0.15, 0.2) is 0 Å². The minimum atomic E-state index is -3.25. The van der Waals surface area contributed by atoms with E-state index in [-0.39, 0.29) is 5.38 Å². The predicted octanol–water partition coefficient (Wildman–Crippen LogP) is 2.01. The second kappa shape index (κ2) is 5.12. The number of hydrogen-bond acceptors (Lipinski definition) is 3. The third-order valence-electron chi connectivity index (χ3n) is 2.99. The molecule has 0 bridgehead atoms. The van der Waals surface area contributed by atoms with Gasteiger partial charge in [-0.3, -0.25) is 4.18 Å².